The number of morpholine rings is 1. The van der Waals surface area contributed by atoms with E-state index in [2.05, 4.69) is 4.90 Å². The van der Waals surface area contributed by atoms with Gasteiger partial charge in [-0.05, 0) is 35.9 Å². The van der Waals surface area contributed by atoms with Gasteiger partial charge < -0.3 is 18.6 Å². The third-order valence-electron chi connectivity index (χ3n) is 4.89. The molecule has 0 amide bonds. The van der Waals surface area contributed by atoms with Crippen molar-refractivity contribution in [2.75, 3.05) is 46.6 Å². The van der Waals surface area contributed by atoms with Gasteiger partial charge in [-0.25, -0.2) is 4.79 Å². The Morgan fingerprint density at radius 3 is 2.50 bits per heavy atom. The van der Waals surface area contributed by atoms with Crippen molar-refractivity contribution in [2.45, 2.75) is 0 Å². The topological polar surface area (TPSA) is 61.1 Å². The number of ether oxygens (including phenoxy) is 3. The van der Waals surface area contributed by atoms with Crippen LogP contribution in [-0.4, -0.2) is 51.5 Å². The molecule has 0 radical (unpaired) electrons. The summed E-state index contributed by atoms with van der Waals surface area (Å²) in [7, 11) is 1.61. The molecule has 0 aliphatic carbocycles. The van der Waals surface area contributed by atoms with E-state index in [-0.39, 0.29) is 5.63 Å². The van der Waals surface area contributed by atoms with Crippen LogP contribution in [-0.2, 0) is 4.74 Å². The van der Waals surface area contributed by atoms with E-state index < -0.39 is 0 Å². The van der Waals surface area contributed by atoms with Crippen molar-refractivity contribution >= 4 is 11.0 Å². The molecule has 4 rings (SSSR count). The third kappa shape index (κ3) is 4.18. The molecule has 0 atom stereocenters. The highest BCUT2D eigenvalue weighted by molar-refractivity contribution is 5.82. The first-order valence-electron chi connectivity index (χ1n) is 9.38. The highest BCUT2D eigenvalue weighted by Crippen LogP contribution is 2.25. The van der Waals surface area contributed by atoms with Gasteiger partial charge in [-0.1, -0.05) is 12.1 Å². The molecule has 6 heteroatoms. The third-order valence-corrected chi connectivity index (χ3v) is 4.89. The molecule has 3 aromatic rings. The lowest BCUT2D eigenvalue weighted by Gasteiger charge is -2.26. The number of methoxy groups -OCH3 is 1. The van der Waals surface area contributed by atoms with Gasteiger partial charge in [0.1, 0.15) is 23.7 Å². The molecule has 0 spiro atoms. The van der Waals surface area contributed by atoms with E-state index in [9.17, 15) is 4.79 Å². The molecule has 146 valence electrons. The normalized spacial score (nSPS) is 14.9. The Balaban J connectivity index is 1.49. The van der Waals surface area contributed by atoms with Crippen LogP contribution in [0.1, 0.15) is 0 Å². The lowest BCUT2D eigenvalue weighted by molar-refractivity contribution is 0.0322. The molecule has 28 heavy (non-hydrogen) atoms. The largest absolute Gasteiger partial charge is 0.497 e. The minimum Gasteiger partial charge on any atom is -0.497 e. The van der Waals surface area contributed by atoms with Crippen LogP contribution in [0.3, 0.4) is 0 Å². The van der Waals surface area contributed by atoms with Crippen molar-refractivity contribution in [3.8, 4) is 22.6 Å². The van der Waals surface area contributed by atoms with E-state index in [4.69, 9.17) is 18.6 Å². The molecule has 1 fully saturated rings. The number of hydrogen-bond donors (Lipinski definition) is 0. The van der Waals surface area contributed by atoms with Crippen LogP contribution >= 0.6 is 0 Å². The predicted molar refractivity (Wildman–Crippen MR) is 107 cm³/mol. The van der Waals surface area contributed by atoms with Gasteiger partial charge in [0, 0.05) is 31.1 Å². The van der Waals surface area contributed by atoms with Crippen LogP contribution in [0.25, 0.3) is 22.1 Å². The van der Waals surface area contributed by atoms with Crippen molar-refractivity contribution < 1.29 is 18.6 Å². The minimum absolute atomic E-state index is 0.372. The number of rotatable bonds is 6. The molecular formula is C22H23NO5. The second kappa shape index (κ2) is 8.46. The van der Waals surface area contributed by atoms with Crippen molar-refractivity contribution in [3.63, 3.8) is 0 Å². The van der Waals surface area contributed by atoms with E-state index in [0.717, 1.165) is 49.5 Å². The Labute approximate surface area is 163 Å². The Morgan fingerprint density at radius 1 is 1.00 bits per heavy atom. The van der Waals surface area contributed by atoms with Gasteiger partial charge in [-0.15, -0.1) is 0 Å². The van der Waals surface area contributed by atoms with Gasteiger partial charge in [0.25, 0.3) is 0 Å². The maximum atomic E-state index is 12.5. The minimum atomic E-state index is -0.372. The van der Waals surface area contributed by atoms with Crippen molar-refractivity contribution in [1.29, 1.82) is 0 Å². The highest BCUT2D eigenvalue weighted by atomic mass is 16.5. The van der Waals surface area contributed by atoms with E-state index >= 15 is 0 Å². The van der Waals surface area contributed by atoms with Gasteiger partial charge in [0.15, 0.2) is 0 Å². The van der Waals surface area contributed by atoms with Gasteiger partial charge in [0.2, 0.25) is 0 Å². The summed E-state index contributed by atoms with van der Waals surface area (Å²) < 4.78 is 21.9. The van der Waals surface area contributed by atoms with Crippen LogP contribution in [0.2, 0.25) is 0 Å². The Bertz CT molecular complexity index is 990. The second-order valence-corrected chi connectivity index (χ2v) is 6.68. The van der Waals surface area contributed by atoms with E-state index in [1.54, 1.807) is 13.2 Å². The first-order valence-corrected chi connectivity index (χ1v) is 9.38. The van der Waals surface area contributed by atoms with Crippen LogP contribution in [0.15, 0.2) is 57.7 Å². The molecule has 0 bridgehead atoms. The van der Waals surface area contributed by atoms with Crippen LogP contribution < -0.4 is 15.1 Å². The van der Waals surface area contributed by atoms with Crippen molar-refractivity contribution in [1.82, 2.24) is 4.90 Å². The standard InChI is InChI=1S/C22H23NO5/c1-25-18-5-2-16(3-6-18)20-14-17-4-7-19(15-21(17)28-22(20)24)27-13-10-23-8-11-26-12-9-23/h2-7,14-15H,8-13H2,1H3. The lowest BCUT2D eigenvalue weighted by atomic mass is 10.1. The molecular weight excluding hydrogens is 358 g/mol. The smallest absolute Gasteiger partial charge is 0.344 e. The van der Waals surface area contributed by atoms with Crippen LogP contribution in [0.5, 0.6) is 11.5 Å². The average molecular weight is 381 g/mol. The summed E-state index contributed by atoms with van der Waals surface area (Å²) >= 11 is 0. The fourth-order valence-electron chi connectivity index (χ4n) is 3.27. The molecule has 1 aliphatic heterocycles. The van der Waals surface area contributed by atoms with Crippen molar-refractivity contribution in [3.05, 3.63) is 59.0 Å². The monoisotopic (exact) mass is 381 g/mol. The molecule has 1 aromatic heterocycles. The van der Waals surface area contributed by atoms with Crippen molar-refractivity contribution in [2.24, 2.45) is 0 Å². The summed E-state index contributed by atoms with van der Waals surface area (Å²) in [5, 5.41) is 0.853. The summed E-state index contributed by atoms with van der Waals surface area (Å²) in [6.07, 6.45) is 0. The number of hydrogen-bond acceptors (Lipinski definition) is 6. The van der Waals surface area contributed by atoms with E-state index in [1.165, 1.54) is 0 Å². The van der Waals surface area contributed by atoms with Crippen LogP contribution in [0.4, 0.5) is 0 Å². The molecule has 0 saturated carbocycles. The van der Waals surface area contributed by atoms with Gasteiger partial charge >= 0.3 is 5.63 Å². The zero-order valence-corrected chi connectivity index (χ0v) is 15.8. The highest BCUT2D eigenvalue weighted by Gasteiger charge is 2.11. The fourth-order valence-corrected chi connectivity index (χ4v) is 3.27. The Morgan fingerprint density at radius 2 is 1.75 bits per heavy atom. The maximum Gasteiger partial charge on any atom is 0.344 e. The number of nitrogens with zero attached hydrogens (tertiary/aromatic N) is 1. The molecule has 2 heterocycles. The molecule has 1 saturated heterocycles. The lowest BCUT2D eigenvalue weighted by Crippen LogP contribution is -2.38. The molecule has 0 unspecified atom stereocenters. The van der Waals surface area contributed by atoms with E-state index in [0.29, 0.717) is 23.5 Å². The number of fused-ring (bicyclic) bond motifs is 1. The Kier molecular flexibility index (Phi) is 5.60. The zero-order chi connectivity index (χ0) is 19.3. The maximum absolute atomic E-state index is 12.5. The summed E-state index contributed by atoms with van der Waals surface area (Å²) in [5.74, 6) is 1.44. The average Bonchev–Trinajstić information content (AvgIpc) is 2.74. The van der Waals surface area contributed by atoms with Gasteiger partial charge in [-0.2, -0.15) is 0 Å². The predicted octanol–water partition coefficient (Wildman–Crippen LogP) is 3.18. The van der Waals surface area contributed by atoms with E-state index in [1.807, 2.05) is 42.5 Å². The van der Waals surface area contributed by atoms with Gasteiger partial charge in [0.05, 0.1) is 25.9 Å². The summed E-state index contributed by atoms with van der Waals surface area (Å²) in [5.41, 5.74) is 1.47. The first-order chi connectivity index (χ1) is 13.7. The quantitative estimate of drug-likeness (QED) is 0.611. The van der Waals surface area contributed by atoms with Gasteiger partial charge in [-0.3, -0.25) is 4.90 Å². The molecule has 0 N–H and O–H groups in total. The first kappa shape index (κ1) is 18.5. The Hall–Kier alpha value is -2.83. The summed E-state index contributed by atoms with van der Waals surface area (Å²) in [6.45, 7) is 4.85. The second-order valence-electron chi connectivity index (χ2n) is 6.68. The molecule has 6 nitrogen and oxygen atoms in total. The summed E-state index contributed by atoms with van der Waals surface area (Å²) in [4.78, 5) is 14.8. The van der Waals surface area contributed by atoms with Crippen LogP contribution in [0, 0.1) is 0 Å². The zero-order valence-electron chi connectivity index (χ0n) is 15.8. The SMILES string of the molecule is COc1ccc(-c2cc3ccc(OCCN4CCOCC4)cc3oc2=O)cc1. The summed E-state index contributed by atoms with van der Waals surface area (Å²) in [6, 6.07) is 14.8. The number of benzene rings is 2. The molecule has 1 aliphatic rings. The fraction of sp³-hybridized carbons (Fsp3) is 0.318. The molecule has 2 aromatic carbocycles.